The van der Waals surface area contributed by atoms with Crippen molar-refractivity contribution in [3.8, 4) is 0 Å². The first kappa shape index (κ1) is 8.06. The first-order chi connectivity index (χ1) is 5.50. The molecule has 11 heavy (non-hydrogen) atoms. The fraction of sp³-hybridized carbons (Fsp3) is 0.273. The molecule has 0 radical (unpaired) electrons. The third kappa shape index (κ3) is 4.38. The molecule has 0 amide bonds. The summed E-state index contributed by atoms with van der Waals surface area (Å²) in [6, 6.07) is 0. The lowest BCUT2D eigenvalue weighted by Gasteiger charge is -1.82. The van der Waals surface area contributed by atoms with Crippen molar-refractivity contribution >= 4 is 0 Å². The van der Waals surface area contributed by atoms with Gasteiger partial charge >= 0.3 is 0 Å². The number of hydrogen-bond donors (Lipinski definition) is 0. The number of rotatable bonds is 0. The molecule has 0 aromatic carbocycles. The molecular weight excluding hydrogens is 132 g/mol. The van der Waals surface area contributed by atoms with Crippen LogP contribution in [0.2, 0.25) is 0 Å². The van der Waals surface area contributed by atoms with Crippen LogP contribution in [-0.4, -0.2) is 0 Å². The summed E-state index contributed by atoms with van der Waals surface area (Å²) < 4.78 is 0. The van der Waals surface area contributed by atoms with Crippen molar-refractivity contribution in [3.63, 3.8) is 0 Å². The fourth-order valence-electron chi connectivity index (χ4n) is 0.935. The van der Waals surface area contributed by atoms with E-state index < -0.39 is 0 Å². The third-order valence-corrected chi connectivity index (χ3v) is 1.54. The van der Waals surface area contributed by atoms with Crippen LogP contribution in [0, 0.1) is 0 Å². The fourth-order valence-corrected chi connectivity index (χ4v) is 0.935. The van der Waals surface area contributed by atoms with Gasteiger partial charge in [-0.2, -0.15) is 0 Å². The van der Waals surface area contributed by atoms with E-state index >= 15 is 0 Å². The summed E-state index contributed by atoms with van der Waals surface area (Å²) in [4.78, 5) is 0. The lowest BCUT2D eigenvalue weighted by Crippen LogP contribution is -1.61. The van der Waals surface area contributed by atoms with Crippen LogP contribution in [0.15, 0.2) is 48.6 Å². The van der Waals surface area contributed by atoms with Gasteiger partial charge in [0.05, 0.1) is 0 Å². The first-order valence-corrected chi connectivity index (χ1v) is 4.13. The van der Waals surface area contributed by atoms with E-state index in [-0.39, 0.29) is 0 Å². The SMILES string of the molecule is C1=CC/C=C\C=C/CCC=C1. The van der Waals surface area contributed by atoms with Crippen LogP contribution >= 0.6 is 0 Å². The Hall–Kier alpha value is -1.04. The third-order valence-electron chi connectivity index (χ3n) is 1.54. The summed E-state index contributed by atoms with van der Waals surface area (Å²) >= 11 is 0. The zero-order valence-corrected chi connectivity index (χ0v) is 6.74. The van der Waals surface area contributed by atoms with Crippen molar-refractivity contribution in [2.75, 3.05) is 0 Å². The molecule has 0 spiro atoms. The maximum Gasteiger partial charge on any atom is -0.0163 e. The highest BCUT2D eigenvalue weighted by Crippen LogP contribution is 1.96. The van der Waals surface area contributed by atoms with E-state index in [1.807, 2.05) is 0 Å². The molecule has 0 saturated heterocycles. The minimum Gasteiger partial charge on any atom is -0.0842 e. The highest BCUT2D eigenvalue weighted by atomic mass is 13.8. The van der Waals surface area contributed by atoms with E-state index in [1.54, 1.807) is 0 Å². The van der Waals surface area contributed by atoms with Gasteiger partial charge < -0.3 is 0 Å². The van der Waals surface area contributed by atoms with Gasteiger partial charge in [0.2, 0.25) is 0 Å². The number of hydrogen-bond acceptors (Lipinski definition) is 0. The summed E-state index contributed by atoms with van der Waals surface area (Å²) in [7, 11) is 0. The molecule has 0 aromatic rings. The van der Waals surface area contributed by atoms with Gasteiger partial charge in [0.1, 0.15) is 0 Å². The standard InChI is InChI=1S/C11H14/c1-2-4-6-8-10-11-9-7-5-3-1/h1-4,7,9-11H,5-6,8H2/b3-1-,4-2-,9-7?,11-10?. The quantitative estimate of drug-likeness (QED) is 0.491. The molecule has 0 bridgehead atoms. The summed E-state index contributed by atoms with van der Waals surface area (Å²) in [5.41, 5.74) is 0. The van der Waals surface area contributed by atoms with Crippen LogP contribution in [0.3, 0.4) is 0 Å². The molecular formula is C11H14. The molecule has 0 saturated carbocycles. The van der Waals surface area contributed by atoms with Gasteiger partial charge in [-0.1, -0.05) is 48.6 Å². The Labute approximate surface area is 68.6 Å². The summed E-state index contributed by atoms with van der Waals surface area (Å²) in [5, 5.41) is 0. The van der Waals surface area contributed by atoms with Crippen LogP contribution in [0.25, 0.3) is 0 Å². The monoisotopic (exact) mass is 146 g/mol. The zero-order chi connectivity index (χ0) is 7.78. The molecule has 0 aromatic heterocycles. The Morgan fingerprint density at radius 2 is 1.00 bits per heavy atom. The van der Waals surface area contributed by atoms with E-state index in [0.29, 0.717) is 0 Å². The lowest BCUT2D eigenvalue weighted by molar-refractivity contribution is 1.05. The Kier molecular flexibility index (Phi) is 4.19. The maximum atomic E-state index is 2.20. The normalized spacial score (nSPS) is 24.0. The molecule has 1 aliphatic carbocycles. The molecule has 1 rings (SSSR count). The Morgan fingerprint density at radius 1 is 0.545 bits per heavy atom. The second-order valence-electron chi connectivity index (χ2n) is 2.53. The minimum absolute atomic E-state index is 1.04. The minimum atomic E-state index is 1.04. The second kappa shape index (κ2) is 5.72. The van der Waals surface area contributed by atoms with Gasteiger partial charge in [0.25, 0.3) is 0 Å². The first-order valence-electron chi connectivity index (χ1n) is 4.13. The Morgan fingerprint density at radius 3 is 1.55 bits per heavy atom. The predicted molar refractivity (Wildman–Crippen MR) is 50.4 cm³/mol. The van der Waals surface area contributed by atoms with Crippen LogP contribution in [0.5, 0.6) is 0 Å². The predicted octanol–water partition coefficient (Wildman–Crippen LogP) is 3.40. The molecule has 0 heteroatoms. The van der Waals surface area contributed by atoms with Gasteiger partial charge in [0.15, 0.2) is 0 Å². The van der Waals surface area contributed by atoms with E-state index in [0.717, 1.165) is 19.3 Å². The highest BCUT2D eigenvalue weighted by Gasteiger charge is 1.76. The van der Waals surface area contributed by atoms with Crippen LogP contribution in [0.4, 0.5) is 0 Å². The van der Waals surface area contributed by atoms with E-state index in [1.165, 1.54) is 0 Å². The molecule has 0 nitrogen and oxygen atoms in total. The Balaban J connectivity index is 2.47. The smallest absolute Gasteiger partial charge is 0.0163 e. The molecule has 0 heterocycles. The van der Waals surface area contributed by atoms with Crippen molar-refractivity contribution in [1.82, 2.24) is 0 Å². The zero-order valence-electron chi connectivity index (χ0n) is 6.74. The van der Waals surface area contributed by atoms with Crippen LogP contribution in [0.1, 0.15) is 19.3 Å². The van der Waals surface area contributed by atoms with Gasteiger partial charge in [-0.05, 0) is 19.3 Å². The van der Waals surface area contributed by atoms with Crippen molar-refractivity contribution in [2.45, 2.75) is 19.3 Å². The van der Waals surface area contributed by atoms with Crippen molar-refractivity contribution in [3.05, 3.63) is 48.6 Å². The molecule has 0 N–H and O–H groups in total. The van der Waals surface area contributed by atoms with Crippen molar-refractivity contribution in [2.24, 2.45) is 0 Å². The van der Waals surface area contributed by atoms with E-state index in [4.69, 9.17) is 0 Å². The molecule has 58 valence electrons. The van der Waals surface area contributed by atoms with Crippen LogP contribution < -0.4 is 0 Å². The number of allylic oxidation sites excluding steroid dienone is 8. The summed E-state index contributed by atoms with van der Waals surface area (Å²) in [5.74, 6) is 0. The summed E-state index contributed by atoms with van der Waals surface area (Å²) in [6.45, 7) is 0. The topological polar surface area (TPSA) is 0 Å². The lowest BCUT2D eigenvalue weighted by atomic mass is 10.2. The van der Waals surface area contributed by atoms with Gasteiger partial charge in [-0.15, -0.1) is 0 Å². The van der Waals surface area contributed by atoms with Gasteiger partial charge in [0, 0.05) is 0 Å². The Bertz CT molecular complexity index is 170. The van der Waals surface area contributed by atoms with Crippen LogP contribution in [-0.2, 0) is 0 Å². The van der Waals surface area contributed by atoms with Crippen molar-refractivity contribution in [1.29, 1.82) is 0 Å². The molecule has 0 atom stereocenters. The largest absolute Gasteiger partial charge is 0.0842 e. The average Bonchev–Trinajstić information content (AvgIpc) is 2.08. The molecule has 0 aliphatic heterocycles. The molecule has 0 fully saturated rings. The average molecular weight is 146 g/mol. The molecule has 0 unspecified atom stereocenters. The maximum absolute atomic E-state index is 2.20. The second-order valence-corrected chi connectivity index (χ2v) is 2.53. The van der Waals surface area contributed by atoms with E-state index in [2.05, 4.69) is 48.6 Å². The highest BCUT2D eigenvalue weighted by molar-refractivity contribution is 5.10. The van der Waals surface area contributed by atoms with Gasteiger partial charge in [-0.3, -0.25) is 0 Å². The molecule has 1 aliphatic rings. The summed E-state index contributed by atoms with van der Waals surface area (Å²) in [6.07, 6.45) is 20.5. The van der Waals surface area contributed by atoms with Gasteiger partial charge in [-0.25, -0.2) is 0 Å². The van der Waals surface area contributed by atoms with E-state index in [9.17, 15) is 0 Å². The van der Waals surface area contributed by atoms with Crippen molar-refractivity contribution < 1.29 is 0 Å².